The van der Waals surface area contributed by atoms with Crippen LogP contribution in [0.5, 0.6) is 0 Å². The van der Waals surface area contributed by atoms with Crippen LogP contribution in [0, 0.1) is 0 Å². The number of likely N-dealkylation sites (tertiary alicyclic amines) is 1. The molecule has 0 radical (unpaired) electrons. The molecule has 11 heteroatoms. The molecule has 1 fully saturated rings. The molecule has 1 saturated heterocycles. The van der Waals surface area contributed by atoms with Gasteiger partial charge in [0.25, 0.3) is 5.91 Å². The third-order valence-corrected chi connectivity index (χ3v) is 7.14. The predicted octanol–water partition coefficient (Wildman–Crippen LogP) is 4.61. The monoisotopic (exact) mass is 515 g/mol. The number of nitrogens with zero attached hydrogens (tertiary/aromatic N) is 3. The van der Waals surface area contributed by atoms with Gasteiger partial charge in [-0.05, 0) is 37.1 Å². The molecule has 3 aromatic rings. The van der Waals surface area contributed by atoms with E-state index in [-0.39, 0.29) is 24.5 Å². The number of hydrogen-bond donors (Lipinski definition) is 3. The quantitative estimate of drug-likeness (QED) is 0.470. The first-order valence-corrected chi connectivity index (χ1v) is 11.6. The van der Waals surface area contributed by atoms with Gasteiger partial charge in [-0.15, -0.1) is 11.3 Å². The molecule has 2 aliphatic heterocycles. The maximum absolute atomic E-state index is 13.1. The molecule has 1 unspecified atom stereocenters. The number of amides is 4. The van der Waals surface area contributed by atoms with E-state index in [1.807, 2.05) is 24.3 Å². The van der Waals surface area contributed by atoms with Gasteiger partial charge in [0.2, 0.25) is 0 Å². The first-order valence-electron chi connectivity index (χ1n) is 9.99. The smallest absolute Gasteiger partial charge is 0.407 e. The van der Waals surface area contributed by atoms with Gasteiger partial charge in [-0.25, -0.2) is 14.6 Å². The number of aromatic nitrogens is 1. The van der Waals surface area contributed by atoms with Crippen LogP contribution in [0.15, 0.2) is 41.0 Å². The van der Waals surface area contributed by atoms with Crippen molar-refractivity contribution in [1.29, 1.82) is 0 Å². The normalized spacial score (nSPS) is 17.9. The number of carbonyl (C=O) groups is 3. The lowest BCUT2D eigenvalue weighted by Crippen LogP contribution is -2.49. The second-order valence-electron chi connectivity index (χ2n) is 7.60. The van der Waals surface area contributed by atoms with Crippen molar-refractivity contribution in [3.05, 3.63) is 45.9 Å². The highest BCUT2D eigenvalue weighted by molar-refractivity contribution is 9.10. The predicted molar refractivity (Wildman–Crippen MR) is 125 cm³/mol. The third kappa shape index (κ3) is 3.56. The summed E-state index contributed by atoms with van der Waals surface area (Å²) in [6.07, 6.45) is 2.01. The van der Waals surface area contributed by atoms with Crippen LogP contribution in [0.4, 0.5) is 26.7 Å². The van der Waals surface area contributed by atoms with E-state index in [1.54, 1.807) is 17.2 Å². The van der Waals surface area contributed by atoms with Gasteiger partial charge >= 0.3 is 12.1 Å². The highest BCUT2D eigenvalue weighted by Gasteiger charge is 2.33. The van der Waals surface area contributed by atoms with Crippen molar-refractivity contribution in [2.24, 2.45) is 0 Å². The molecular formula is C21H18BrN5O4S. The Balaban J connectivity index is 1.50. The second-order valence-corrected chi connectivity index (χ2v) is 9.52. The maximum Gasteiger partial charge on any atom is 0.407 e. The minimum atomic E-state index is -0.991. The molecule has 4 heterocycles. The van der Waals surface area contributed by atoms with Crippen molar-refractivity contribution in [3.8, 4) is 0 Å². The minimum Gasteiger partial charge on any atom is -0.465 e. The SMILES string of the molecule is O=C(NC1CCCN(C(=O)O)C1)c1sc2nccc3c2c1NC(=O)N3c1cccc(Br)c1. The van der Waals surface area contributed by atoms with Crippen LogP contribution in [0.1, 0.15) is 22.5 Å². The van der Waals surface area contributed by atoms with Gasteiger partial charge in [0.15, 0.2) is 0 Å². The number of halogens is 1. The molecular weight excluding hydrogens is 498 g/mol. The number of pyridine rings is 1. The average molecular weight is 516 g/mol. The van der Waals surface area contributed by atoms with Crippen LogP contribution in [0.2, 0.25) is 0 Å². The largest absolute Gasteiger partial charge is 0.465 e. The minimum absolute atomic E-state index is 0.244. The van der Waals surface area contributed by atoms with Crippen molar-refractivity contribution in [3.63, 3.8) is 0 Å². The topological polar surface area (TPSA) is 115 Å². The summed E-state index contributed by atoms with van der Waals surface area (Å²) in [4.78, 5) is 45.7. The highest BCUT2D eigenvalue weighted by Crippen LogP contribution is 2.45. The van der Waals surface area contributed by atoms with E-state index in [9.17, 15) is 19.5 Å². The molecule has 0 aliphatic carbocycles. The number of anilines is 3. The maximum atomic E-state index is 13.1. The lowest BCUT2D eigenvalue weighted by atomic mass is 10.1. The fraction of sp³-hybridized carbons (Fsp3) is 0.238. The summed E-state index contributed by atoms with van der Waals surface area (Å²) in [6.45, 7) is 0.707. The van der Waals surface area contributed by atoms with Gasteiger partial charge in [-0.3, -0.25) is 9.69 Å². The van der Waals surface area contributed by atoms with Crippen molar-refractivity contribution in [2.75, 3.05) is 23.3 Å². The summed E-state index contributed by atoms with van der Waals surface area (Å²) in [5.41, 5.74) is 1.77. The average Bonchev–Trinajstić information content (AvgIpc) is 3.14. The zero-order valence-corrected chi connectivity index (χ0v) is 19.1. The standard InChI is InChI=1S/C21H18BrN5O4S/c22-11-3-1-5-13(9-11)27-14-6-7-23-19-15(14)16(25-20(27)29)17(32-19)18(28)24-12-4-2-8-26(10-12)21(30)31/h1,3,5-7,9,12H,2,4,8,10H2,(H,24,28)(H,25,29)(H,30,31). The van der Waals surface area contributed by atoms with Crippen molar-refractivity contribution in [2.45, 2.75) is 18.9 Å². The zero-order chi connectivity index (χ0) is 22.4. The van der Waals surface area contributed by atoms with E-state index in [4.69, 9.17) is 0 Å². The number of thiophene rings is 1. The number of hydrogen-bond acceptors (Lipinski definition) is 5. The number of benzene rings is 1. The van der Waals surface area contributed by atoms with Gasteiger partial charge < -0.3 is 20.6 Å². The third-order valence-electron chi connectivity index (χ3n) is 5.55. The second kappa shape index (κ2) is 8.06. The van der Waals surface area contributed by atoms with E-state index in [0.717, 1.165) is 4.47 Å². The van der Waals surface area contributed by atoms with Crippen LogP contribution in [0.25, 0.3) is 10.2 Å². The number of carboxylic acid groups (broad SMARTS) is 1. The van der Waals surface area contributed by atoms with Gasteiger partial charge in [-0.1, -0.05) is 22.0 Å². The number of rotatable bonds is 3. The van der Waals surface area contributed by atoms with Gasteiger partial charge in [0, 0.05) is 29.8 Å². The molecule has 2 aromatic heterocycles. The summed E-state index contributed by atoms with van der Waals surface area (Å²) >= 11 is 4.64. The number of urea groups is 1. The summed E-state index contributed by atoms with van der Waals surface area (Å²) in [5.74, 6) is -0.345. The van der Waals surface area contributed by atoms with Crippen LogP contribution >= 0.6 is 27.3 Å². The molecule has 5 rings (SSSR count). The Bertz CT molecular complexity index is 1260. The van der Waals surface area contributed by atoms with E-state index in [2.05, 4.69) is 31.5 Å². The Morgan fingerprint density at radius 1 is 1.31 bits per heavy atom. The van der Waals surface area contributed by atoms with Crippen molar-refractivity contribution in [1.82, 2.24) is 15.2 Å². The van der Waals surface area contributed by atoms with Crippen LogP contribution in [0.3, 0.4) is 0 Å². The number of carbonyl (C=O) groups excluding carboxylic acids is 2. The molecule has 0 bridgehead atoms. The van der Waals surface area contributed by atoms with E-state index < -0.39 is 6.09 Å². The molecule has 2 aliphatic rings. The molecule has 4 amide bonds. The molecule has 0 saturated carbocycles. The fourth-order valence-corrected chi connectivity index (χ4v) is 5.55. The van der Waals surface area contributed by atoms with Crippen LogP contribution in [-0.4, -0.2) is 52.2 Å². The van der Waals surface area contributed by atoms with E-state index in [0.29, 0.717) is 51.5 Å². The Hall–Kier alpha value is -3.18. The van der Waals surface area contributed by atoms with Crippen molar-refractivity contribution < 1.29 is 19.5 Å². The molecule has 9 nitrogen and oxygen atoms in total. The van der Waals surface area contributed by atoms with E-state index >= 15 is 0 Å². The Morgan fingerprint density at radius 2 is 2.16 bits per heavy atom. The highest BCUT2D eigenvalue weighted by atomic mass is 79.9. The molecule has 1 atom stereocenters. The van der Waals surface area contributed by atoms with Crippen LogP contribution < -0.4 is 15.5 Å². The van der Waals surface area contributed by atoms with E-state index in [1.165, 1.54) is 16.2 Å². The first kappa shape index (κ1) is 20.7. The summed E-state index contributed by atoms with van der Waals surface area (Å²) in [6, 6.07) is 8.50. The zero-order valence-electron chi connectivity index (χ0n) is 16.7. The summed E-state index contributed by atoms with van der Waals surface area (Å²) < 4.78 is 0.840. The summed E-state index contributed by atoms with van der Waals surface area (Å²) in [5, 5.41) is 15.7. The lowest BCUT2D eigenvalue weighted by Gasteiger charge is -2.31. The Labute approximate surface area is 195 Å². The first-order chi connectivity index (χ1) is 15.4. The lowest BCUT2D eigenvalue weighted by molar-refractivity contribution is 0.0893. The Morgan fingerprint density at radius 3 is 2.94 bits per heavy atom. The van der Waals surface area contributed by atoms with Gasteiger partial charge in [-0.2, -0.15) is 0 Å². The van der Waals surface area contributed by atoms with Gasteiger partial charge in [0.05, 0.1) is 22.4 Å². The molecule has 32 heavy (non-hydrogen) atoms. The molecule has 3 N–H and O–H groups in total. The molecule has 1 aromatic carbocycles. The number of piperidine rings is 1. The molecule has 164 valence electrons. The van der Waals surface area contributed by atoms with Crippen LogP contribution in [-0.2, 0) is 0 Å². The summed E-state index contributed by atoms with van der Waals surface area (Å²) in [7, 11) is 0. The van der Waals surface area contributed by atoms with Crippen molar-refractivity contribution >= 4 is 72.6 Å². The number of nitrogens with one attached hydrogen (secondary N) is 2. The molecule has 0 spiro atoms. The Kier molecular flexibility index (Phi) is 5.22. The fourth-order valence-electron chi connectivity index (χ4n) is 4.14. The van der Waals surface area contributed by atoms with Gasteiger partial charge in [0.1, 0.15) is 9.71 Å².